The number of hydrogen-bond donors (Lipinski definition) is 2. The van der Waals surface area contributed by atoms with E-state index in [-0.39, 0.29) is 5.91 Å². The second-order valence-electron chi connectivity index (χ2n) is 7.33. The van der Waals surface area contributed by atoms with Crippen molar-refractivity contribution in [2.24, 2.45) is 5.92 Å². The van der Waals surface area contributed by atoms with Crippen LogP contribution in [-0.2, 0) is 0 Å². The standard InChI is InChI=1S/C20H22BrN5O/c1-12(2)9-22-18-19-24-10-16(26(19)17(21)11-23-18)13-3-5-14(6-4-13)20(27)25-15-7-8-15/h3-6,10-12,15H,7-9H2,1-2H3,(H,22,23)(H,25,27). The van der Waals surface area contributed by atoms with Crippen molar-refractivity contribution in [3.05, 3.63) is 46.8 Å². The van der Waals surface area contributed by atoms with Crippen LogP contribution in [0.1, 0.15) is 37.0 Å². The van der Waals surface area contributed by atoms with Crippen molar-refractivity contribution in [3.8, 4) is 11.3 Å². The first-order valence-corrected chi connectivity index (χ1v) is 9.99. The molecule has 0 aliphatic heterocycles. The SMILES string of the molecule is CC(C)CNc1ncc(Br)n2c(-c3ccc(C(=O)NC4CC4)cc3)cnc12. The lowest BCUT2D eigenvalue weighted by Gasteiger charge is -2.11. The number of halogens is 1. The quantitative estimate of drug-likeness (QED) is 0.620. The number of rotatable bonds is 6. The van der Waals surface area contributed by atoms with Crippen molar-refractivity contribution in [1.82, 2.24) is 19.7 Å². The highest BCUT2D eigenvalue weighted by atomic mass is 79.9. The van der Waals surface area contributed by atoms with Crippen LogP contribution in [0.2, 0.25) is 0 Å². The van der Waals surface area contributed by atoms with Gasteiger partial charge >= 0.3 is 0 Å². The van der Waals surface area contributed by atoms with Gasteiger partial charge in [-0.05, 0) is 46.8 Å². The van der Waals surface area contributed by atoms with Crippen molar-refractivity contribution in [3.63, 3.8) is 0 Å². The Morgan fingerprint density at radius 2 is 1.96 bits per heavy atom. The summed E-state index contributed by atoms with van der Waals surface area (Å²) in [7, 11) is 0. The number of nitrogens with zero attached hydrogens (tertiary/aromatic N) is 3. The van der Waals surface area contributed by atoms with E-state index in [2.05, 4.69) is 50.4 Å². The molecule has 0 spiro atoms. The predicted molar refractivity (Wildman–Crippen MR) is 110 cm³/mol. The second-order valence-corrected chi connectivity index (χ2v) is 8.14. The van der Waals surface area contributed by atoms with E-state index in [4.69, 9.17) is 0 Å². The van der Waals surface area contributed by atoms with Crippen LogP contribution in [0.5, 0.6) is 0 Å². The highest BCUT2D eigenvalue weighted by Crippen LogP contribution is 2.28. The number of nitrogens with one attached hydrogen (secondary N) is 2. The Balaban J connectivity index is 1.65. The first-order chi connectivity index (χ1) is 13.0. The molecule has 1 fully saturated rings. The third kappa shape index (κ3) is 3.83. The maximum Gasteiger partial charge on any atom is 0.251 e. The molecule has 140 valence electrons. The van der Waals surface area contributed by atoms with Crippen molar-refractivity contribution in [2.45, 2.75) is 32.7 Å². The summed E-state index contributed by atoms with van der Waals surface area (Å²) in [5.74, 6) is 1.27. The number of carbonyl (C=O) groups excluding carboxylic acids is 1. The van der Waals surface area contributed by atoms with Crippen LogP contribution in [0.3, 0.4) is 0 Å². The van der Waals surface area contributed by atoms with Gasteiger partial charge in [0.1, 0.15) is 4.60 Å². The minimum atomic E-state index is -0.00672. The number of anilines is 1. The molecule has 0 saturated heterocycles. The number of hydrogen-bond acceptors (Lipinski definition) is 4. The van der Waals surface area contributed by atoms with Crippen LogP contribution in [-0.4, -0.2) is 32.9 Å². The molecule has 0 radical (unpaired) electrons. The Morgan fingerprint density at radius 1 is 1.22 bits per heavy atom. The summed E-state index contributed by atoms with van der Waals surface area (Å²) >= 11 is 3.58. The van der Waals surface area contributed by atoms with Gasteiger partial charge in [0.15, 0.2) is 11.5 Å². The maximum atomic E-state index is 12.2. The van der Waals surface area contributed by atoms with Gasteiger partial charge in [0, 0.05) is 23.7 Å². The molecular formula is C20H22BrN5O. The molecule has 27 heavy (non-hydrogen) atoms. The highest BCUT2D eigenvalue weighted by molar-refractivity contribution is 9.10. The van der Waals surface area contributed by atoms with Crippen LogP contribution >= 0.6 is 15.9 Å². The summed E-state index contributed by atoms with van der Waals surface area (Å²) in [4.78, 5) is 21.2. The fraction of sp³-hybridized carbons (Fsp3) is 0.350. The van der Waals surface area contributed by atoms with Crippen molar-refractivity contribution >= 4 is 33.3 Å². The van der Waals surface area contributed by atoms with Gasteiger partial charge in [-0.3, -0.25) is 9.20 Å². The molecule has 2 N–H and O–H groups in total. The molecular weight excluding hydrogens is 406 g/mol. The first-order valence-electron chi connectivity index (χ1n) is 9.20. The zero-order valence-electron chi connectivity index (χ0n) is 15.4. The maximum absolute atomic E-state index is 12.2. The van der Waals surface area contributed by atoms with Crippen LogP contribution in [0, 0.1) is 5.92 Å². The van der Waals surface area contributed by atoms with Gasteiger partial charge in [-0.15, -0.1) is 0 Å². The number of fused-ring (bicyclic) bond motifs is 1. The van der Waals surface area contributed by atoms with E-state index in [9.17, 15) is 4.79 Å². The second kappa shape index (κ2) is 7.31. The van der Waals surface area contributed by atoms with Gasteiger partial charge in [-0.1, -0.05) is 26.0 Å². The zero-order chi connectivity index (χ0) is 19.0. The molecule has 0 unspecified atom stereocenters. The Morgan fingerprint density at radius 3 is 2.63 bits per heavy atom. The molecule has 6 nitrogen and oxygen atoms in total. The number of imidazole rings is 1. The minimum Gasteiger partial charge on any atom is -0.367 e. The van der Waals surface area contributed by atoms with Crippen molar-refractivity contribution in [2.75, 3.05) is 11.9 Å². The van der Waals surface area contributed by atoms with Gasteiger partial charge in [0.25, 0.3) is 5.91 Å². The van der Waals surface area contributed by atoms with Crippen LogP contribution in [0.15, 0.2) is 41.3 Å². The van der Waals surface area contributed by atoms with E-state index in [1.165, 1.54) is 0 Å². The molecule has 3 aromatic rings. The van der Waals surface area contributed by atoms with Crippen molar-refractivity contribution in [1.29, 1.82) is 0 Å². The Kier molecular flexibility index (Phi) is 4.86. The average Bonchev–Trinajstić information content (AvgIpc) is 3.35. The van der Waals surface area contributed by atoms with Crippen LogP contribution < -0.4 is 10.6 Å². The Labute approximate surface area is 166 Å². The van der Waals surface area contributed by atoms with Gasteiger partial charge in [0.2, 0.25) is 0 Å². The van der Waals surface area contributed by atoms with Crippen molar-refractivity contribution < 1.29 is 4.79 Å². The van der Waals surface area contributed by atoms with E-state index in [1.54, 1.807) is 6.20 Å². The predicted octanol–water partition coefficient (Wildman–Crippen LogP) is 4.12. The molecule has 1 aliphatic rings. The van der Waals surface area contributed by atoms with Gasteiger partial charge in [-0.25, -0.2) is 9.97 Å². The molecule has 2 heterocycles. The summed E-state index contributed by atoms with van der Waals surface area (Å²) in [6.45, 7) is 5.14. The van der Waals surface area contributed by atoms with Gasteiger partial charge < -0.3 is 10.6 Å². The lowest BCUT2D eigenvalue weighted by atomic mass is 10.1. The van der Waals surface area contributed by atoms with E-state index < -0.39 is 0 Å². The van der Waals surface area contributed by atoms with E-state index in [1.807, 2.05) is 34.9 Å². The monoisotopic (exact) mass is 427 g/mol. The fourth-order valence-corrected chi connectivity index (χ4v) is 3.35. The summed E-state index contributed by atoms with van der Waals surface area (Å²) < 4.78 is 2.85. The first kappa shape index (κ1) is 18.0. The highest BCUT2D eigenvalue weighted by Gasteiger charge is 2.23. The van der Waals surface area contributed by atoms with E-state index >= 15 is 0 Å². The summed E-state index contributed by atoms with van der Waals surface area (Å²) in [5, 5.41) is 6.37. The smallest absolute Gasteiger partial charge is 0.251 e. The topological polar surface area (TPSA) is 71.3 Å². The van der Waals surface area contributed by atoms with Gasteiger partial charge in [0.05, 0.1) is 18.1 Å². The van der Waals surface area contributed by atoms with Crippen LogP contribution in [0.25, 0.3) is 16.9 Å². The molecule has 7 heteroatoms. The lowest BCUT2D eigenvalue weighted by molar-refractivity contribution is 0.0951. The largest absolute Gasteiger partial charge is 0.367 e. The molecule has 0 bridgehead atoms. The fourth-order valence-electron chi connectivity index (χ4n) is 2.89. The van der Waals surface area contributed by atoms with Crippen LogP contribution in [0.4, 0.5) is 5.82 Å². The normalized spacial score (nSPS) is 13.9. The Hall–Kier alpha value is -2.41. The molecule has 1 aromatic carbocycles. The Bertz CT molecular complexity index is 976. The van der Waals surface area contributed by atoms with E-state index in [0.717, 1.165) is 46.7 Å². The summed E-state index contributed by atoms with van der Waals surface area (Å²) in [5.41, 5.74) is 3.39. The minimum absolute atomic E-state index is 0.00672. The molecule has 1 amide bonds. The molecule has 1 aliphatic carbocycles. The number of benzene rings is 1. The summed E-state index contributed by atoms with van der Waals surface area (Å²) in [6, 6.07) is 7.99. The lowest BCUT2D eigenvalue weighted by Crippen LogP contribution is -2.25. The number of amides is 1. The third-order valence-electron chi connectivity index (χ3n) is 4.52. The van der Waals surface area contributed by atoms with E-state index in [0.29, 0.717) is 17.5 Å². The molecule has 1 saturated carbocycles. The molecule has 0 atom stereocenters. The average molecular weight is 428 g/mol. The molecule has 4 rings (SSSR count). The number of carbonyl (C=O) groups is 1. The third-order valence-corrected chi connectivity index (χ3v) is 5.08. The zero-order valence-corrected chi connectivity index (χ0v) is 17.0. The number of aromatic nitrogens is 3. The summed E-state index contributed by atoms with van der Waals surface area (Å²) in [6.07, 6.45) is 5.78. The van der Waals surface area contributed by atoms with Gasteiger partial charge in [-0.2, -0.15) is 0 Å². The molecule has 2 aromatic heterocycles.